The van der Waals surface area contributed by atoms with Gasteiger partial charge in [-0.25, -0.2) is 4.98 Å². The Hall–Kier alpha value is -3.75. The number of aromatic nitrogens is 5. The van der Waals surface area contributed by atoms with Gasteiger partial charge < -0.3 is 14.4 Å². The van der Waals surface area contributed by atoms with Crippen LogP contribution in [0.15, 0.2) is 58.4 Å². The fourth-order valence-corrected chi connectivity index (χ4v) is 3.29. The quantitative estimate of drug-likeness (QED) is 0.449. The highest BCUT2D eigenvalue weighted by atomic mass is 16.5. The van der Waals surface area contributed by atoms with E-state index in [1.807, 2.05) is 12.1 Å². The number of hydrogen-bond acceptors (Lipinski definition) is 6. The van der Waals surface area contributed by atoms with E-state index in [0.29, 0.717) is 12.4 Å². The Balaban J connectivity index is 1.26. The zero-order valence-corrected chi connectivity index (χ0v) is 16.6. The van der Waals surface area contributed by atoms with Crippen molar-refractivity contribution in [2.24, 2.45) is 0 Å². The van der Waals surface area contributed by atoms with Gasteiger partial charge in [-0.2, -0.15) is 4.98 Å². The third-order valence-electron chi connectivity index (χ3n) is 4.82. The minimum Gasteiger partial charge on any atom is -0.356 e. The first-order valence-corrected chi connectivity index (χ1v) is 9.77. The molecule has 0 aliphatic carbocycles. The summed E-state index contributed by atoms with van der Waals surface area (Å²) in [6.45, 7) is 3.29. The number of nitrogens with one attached hydrogen (secondary N) is 1. The zero-order chi connectivity index (χ0) is 20.9. The van der Waals surface area contributed by atoms with Gasteiger partial charge in [-0.05, 0) is 30.9 Å². The standard InChI is InChI=1S/C21H22N6O3/c1-15-24-20(30-25-15)17-13-22-14-27(21(17)29)12-8-19(28)23-9-4-10-26-11-7-16-5-2-3-6-18(16)26/h2-3,5-7,11,13-14H,4,8-10,12H2,1H3,(H,23,28). The third kappa shape index (κ3) is 4.29. The fraction of sp³-hybridized carbons (Fsp3) is 0.286. The van der Waals surface area contributed by atoms with E-state index in [4.69, 9.17) is 4.52 Å². The fourth-order valence-electron chi connectivity index (χ4n) is 3.29. The molecule has 0 unspecified atom stereocenters. The molecule has 1 N–H and O–H groups in total. The molecule has 0 saturated carbocycles. The molecule has 0 fully saturated rings. The number of fused-ring (bicyclic) bond motifs is 1. The maximum Gasteiger partial charge on any atom is 0.266 e. The van der Waals surface area contributed by atoms with E-state index in [-0.39, 0.29) is 35.9 Å². The predicted octanol–water partition coefficient (Wildman–Crippen LogP) is 2.15. The SMILES string of the molecule is Cc1noc(-c2cncn(CCC(=O)NCCCn3ccc4ccccc43)c2=O)n1. The van der Waals surface area contributed by atoms with Crippen LogP contribution in [0.3, 0.4) is 0 Å². The largest absolute Gasteiger partial charge is 0.356 e. The van der Waals surface area contributed by atoms with Crippen LogP contribution in [0, 0.1) is 6.92 Å². The van der Waals surface area contributed by atoms with Gasteiger partial charge in [0.05, 0.1) is 6.33 Å². The molecule has 1 amide bonds. The number of rotatable bonds is 8. The molecule has 30 heavy (non-hydrogen) atoms. The highest BCUT2D eigenvalue weighted by Gasteiger charge is 2.13. The number of para-hydroxylation sites is 1. The lowest BCUT2D eigenvalue weighted by molar-refractivity contribution is -0.121. The van der Waals surface area contributed by atoms with Gasteiger partial charge in [0.15, 0.2) is 5.82 Å². The highest BCUT2D eigenvalue weighted by Crippen LogP contribution is 2.15. The van der Waals surface area contributed by atoms with Crippen molar-refractivity contribution in [3.8, 4) is 11.5 Å². The van der Waals surface area contributed by atoms with Gasteiger partial charge in [0.25, 0.3) is 11.4 Å². The minimum absolute atomic E-state index is 0.113. The molecule has 0 bridgehead atoms. The third-order valence-corrected chi connectivity index (χ3v) is 4.82. The predicted molar refractivity (Wildman–Crippen MR) is 111 cm³/mol. The Morgan fingerprint density at radius 2 is 2.03 bits per heavy atom. The van der Waals surface area contributed by atoms with Crippen LogP contribution in [0.2, 0.25) is 0 Å². The van der Waals surface area contributed by atoms with Crippen molar-refractivity contribution in [3.05, 3.63) is 65.2 Å². The van der Waals surface area contributed by atoms with E-state index in [1.165, 1.54) is 28.0 Å². The Morgan fingerprint density at radius 1 is 1.17 bits per heavy atom. The Kier molecular flexibility index (Phi) is 5.69. The lowest BCUT2D eigenvalue weighted by Crippen LogP contribution is -2.29. The van der Waals surface area contributed by atoms with Gasteiger partial charge >= 0.3 is 0 Å². The van der Waals surface area contributed by atoms with Crippen LogP contribution < -0.4 is 10.9 Å². The van der Waals surface area contributed by atoms with Crippen LogP contribution in [-0.4, -0.2) is 36.7 Å². The van der Waals surface area contributed by atoms with E-state index in [1.54, 1.807) is 6.92 Å². The average Bonchev–Trinajstić information content (AvgIpc) is 3.37. The van der Waals surface area contributed by atoms with Gasteiger partial charge in [0.2, 0.25) is 5.91 Å². The monoisotopic (exact) mass is 406 g/mol. The lowest BCUT2D eigenvalue weighted by atomic mass is 10.2. The summed E-state index contributed by atoms with van der Waals surface area (Å²) in [4.78, 5) is 32.8. The molecule has 4 aromatic rings. The van der Waals surface area contributed by atoms with Crippen LogP contribution >= 0.6 is 0 Å². The molecular formula is C21H22N6O3. The zero-order valence-electron chi connectivity index (χ0n) is 16.6. The lowest BCUT2D eigenvalue weighted by Gasteiger charge is -2.08. The molecular weight excluding hydrogens is 384 g/mol. The van der Waals surface area contributed by atoms with Gasteiger partial charge in [-0.15, -0.1) is 0 Å². The molecule has 0 radical (unpaired) electrons. The van der Waals surface area contributed by atoms with Crippen molar-refractivity contribution in [3.63, 3.8) is 0 Å². The van der Waals surface area contributed by atoms with Crippen LogP contribution in [0.25, 0.3) is 22.4 Å². The summed E-state index contributed by atoms with van der Waals surface area (Å²) in [6.07, 6.45) is 5.85. The van der Waals surface area contributed by atoms with E-state index < -0.39 is 0 Å². The number of carbonyl (C=O) groups is 1. The van der Waals surface area contributed by atoms with E-state index in [0.717, 1.165) is 13.0 Å². The maximum atomic E-state index is 12.6. The normalized spacial score (nSPS) is 11.1. The summed E-state index contributed by atoms with van der Waals surface area (Å²) in [7, 11) is 0. The van der Waals surface area contributed by atoms with E-state index in [9.17, 15) is 9.59 Å². The molecule has 1 aromatic carbocycles. The van der Waals surface area contributed by atoms with Crippen molar-refractivity contribution >= 4 is 16.8 Å². The Labute approximate surface area is 172 Å². The first-order chi connectivity index (χ1) is 14.6. The number of carbonyl (C=O) groups excluding carboxylic acids is 1. The maximum absolute atomic E-state index is 12.6. The number of nitrogens with zero attached hydrogens (tertiary/aromatic N) is 5. The topological polar surface area (TPSA) is 108 Å². The molecule has 9 nitrogen and oxygen atoms in total. The molecule has 154 valence electrons. The van der Waals surface area contributed by atoms with Crippen LogP contribution in [-0.2, 0) is 17.9 Å². The molecule has 4 rings (SSSR count). The molecule has 0 aliphatic rings. The smallest absolute Gasteiger partial charge is 0.266 e. The second kappa shape index (κ2) is 8.73. The van der Waals surface area contributed by atoms with Crippen molar-refractivity contribution in [2.45, 2.75) is 32.9 Å². The molecule has 0 atom stereocenters. The van der Waals surface area contributed by atoms with Crippen molar-refractivity contribution in [2.75, 3.05) is 6.54 Å². The van der Waals surface area contributed by atoms with Gasteiger partial charge in [-0.3, -0.25) is 14.2 Å². The van der Waals surface area contributed by atoms with Crippen LogP contribution in [0.4, 0.5) is 0 Å². The summed E-state index contributed by atoms with van der Waals surface area (Å²) < 4.78 is 8.59. The van der Waals surface area contributed by atoms with Crippen LogP contribution in [0.5, 0.6) is 0 Å². The summed E-state index contributed by atoms with van der Waals surface area (Å²) >= 11 is 0. The van der Waals surface area contributed by atoms with Crippen molar-refractivity contribution in [1.82, 2.24) is 29.6 Å². The summed E-state index contributed by atoms with van der Waals surface area (Å²) in [5.74, 6) is 0.451. The first-order valence-electron chi connectivity index (χ1n) is 9.77. The Bertz CT molecular complexity index is 1220. The molecule has 0 spiro atoms. The van der Waals surface area contributed by atoms with Crippen LogP contribution in [0.1, 0.15) is 18.7 Å². The first kappa shape index (κ1) is 19.6. The van der Waals surface area contributed by atoms with Gasteiger partial charge in [0.1, 0.15) is 5.56 Å². The summed E-state index contributed by atoms with van der Waals surface area (Å²) in [5.41, 5.74) is 1.09. The second-order valence-electron chi connectivity index (χ2n) is 6.97. The average molecular weight is 406 g/mol. The number of hydrogen-bond donors (Lipinski definition) is 1. The number of benzene rings is 1. The highest BCUT2D eigenvalue weighted by molar-refractivity contribution is 5.79. The van der Waals surface area contributed by atoms with E-state index >= 15 is 0 Å². The van der Waals surface area contributed by atoms with Crippen molar-refractivity contribution in [1.29, 1.82) is 0 Å². The van der Waals surface area contributed by atoms with Gasteiger partial charge in [0, 0.05) is 44.0 Å². The summed E-state index contributed by atoms with van der Waals surface area (Å²) in [6, 6.07) is 10.3. The van der Waals surface area contributed by atoms with Gasteiger partial charge in [-0.1, -0.05) is 23.4 Å². The molecule has 0 aliphatic heterocycles. The number of aryl methyl sites for hydroxylation is 3. The number of amides is 1. The van der Waals surface area contributed by atoms with Crippen molar-refractivity contribution < 1.29 is 9.32 Å². The Morgan fingerprint density at radius 3 is 2.87 bits per heavy atom. The second-order valence-corrected chi connectivity index (χ2v) is 6.97. The summed E-state index contributed by atoms with van der Waals surface area (Å²) in [5, 5.41) is 7.80. The molecule has 3 aromatic heterocycles. The van der Waals surface area contributed by atoms with E-state index in [2.05, 4.69) is 49.4 Å². The minimum atomic E-state index is -0.319. The molecule has 0 saturated heterocycles. The molecule has 3 heterocycles. The molecule has 9 heteroatoms.